The van der Waals surface area contributed by atoms with E-state index in [9.17, 15) is 9.59 Å². The Bertz CT molecular complexity index is 1300. The molecule has 0 saturated heterocycles. The molecule has 1 aliphatic carbocycles. The number of methoxy groups -OCH3 is 1. The first-order valence-electron chi connectivity index (χ1n) is 9.95. The van der Waals surface area contributed by atoms with Gasteiger partial charge in [0.2, 0.25) is 5.91 Å². The van der Waals surface area contributed by atoms with Crippen LogP contribution in [-0.4, -0.2) is 33.8 Å². The van der Waals surface area contributed by atoms with Crippen LogP contribution in [0.25, 0.3) is 22.4 Å². The standard InChI is InChI=1S/C22H20N4O4S/c1-12-18-13(15-6-4-10-30-15)8-9-23-20(18)26(25-12)11-17(27)24-21-19(22(28)29-2)14-5-3-7-16(14)31-21/h4,6,8-10H,3,5,7,11H2,1-2H3,(H,24,27). The Morgan fingerprint density at radius 2 is 2.19 bits per heavy atom. The number of anilines is 1. The van der Waals surface area contributed by atoms with Crippen LogP contribution in [0.5, 0.6) is 0 Å². The minimum absolute atomic E-state index is 0.0257. The van der Waals surface area contributed by atoms with E-state index in [0.717, 1.165) is 52.1 Å². The lowest BCUT2D eigenvalue weighted by molar-refractivity contribution is -0.116. The number of hydrogen-bond donors (Lipinski definition) is 1. The molecule has 1 amide bonds. The topological polar surface area (TPSA) is 99.2 Å². The molecule has 158 valence electrons. The number of thiophene rings is 1. The number of aromatic nitrogens is 3. The molecule has 0 radical (unpaired) electrons. The smallest absolute Gasteiger partial charge is 0.341 e. The van der Waals surface area contributed by atoms with E-state index in [1.165, 1.54) is 18.4 Å². The molecule has 0 bridgehead atoms. The highest BCUT2D eigenvalue weighted by Crippen LogP contribution is 2.39. The number of aryl methyl sites for hydroxylation is 2. The summed E-state index contributed by atoms with van der Waals surface area (Å²) in [6, 6.07) is 5.57. The summed E-state index contributed by atoms with van der Waals surface area (Å²) >= 11 is 1.45. The number of esters is 1. The summed E-state index contributed by atoms with van der Waals surface area (Å²) in [4.78, 5) is 30.8. The van der Waals surface area contributed by atoms with Crippen molar-refractivity contribution in [3.63, 3.8) is 0 Å². The molecular weight excluding hydrogens is 416 g/mol. The maximum absolute atomic E-state index is 12.9. The molecule has 0 saturated carbocycles. The zero-order chi connectivity index (χ0) is 21.5. The number of amides is 1. The van der Waals surface area contributed by atoms with Crippen LogP contribution >= 0.6 is 11.3 Å². The van der Waals surface area contributed by atoms with Crippen molar-refractivity contribution < 1.29 is 18.7 Å². The monoisotopic (exact) mass is 436 g/mol. The van der Waals surface area contributed by atoms with E-state index >= 15 is 0 Å². The van der Waals surface area contributed by atoms with Crippen LogP contribution in [0.3, 0.4) is 0 Å². The lowest BCUT2D eigenvalue weighted by Crippen LogP contribution is -2.20. The minimum atomic E-state index is -0.417. The highest BCUT2D eigenvalue weighted by atomic mass is 32.1. The Balaban J connectivity index is 1.45. The molecule has 0 aliphatic heterocycles. The number of pyridine rings is 1. The second-order valence-corrected chi connectivity index (χ2v) is 8.48. The summed E-state index contributed by atoms with van der Waals surface area (Å²) in [6.07, 6.45) is 6.06. The quantitative estimate of drug-likeness (QED) is 0.475. The summed E-state index contributed by atoms with van der Waals surface area (Å²) in [5.41, 5.74) is 3.71. The van der Waals surface area contributed by atoms with E-state index in [-0.39, 0.29) is 12.5 Å². The van der Waals surface area contributed by atoms with Gasteiger partial charge in [-0.3, -0.25) is 4.79 Å². The van der Waals surface area contributed by atoms with Gasteiger partial charge in [0.15, 0.2) is 5.65 Å². The van der Waals surface area contributed by atoms with Crippen molar-refractivity contribution in [2.75, 3.05) is 12.4 Å². The maximum atomic E-state index is 12.9. The summed E-state index contributed by atoms with van der Waals surface area (Å²) in [5, 5.41) is 8.80. The van der Waals surface area contributed by atoms with Crippen LogP contribution in [0.1, 0.15) is 32.9 Å². The molecule has 1 N–H and O–H groups in total. The highest BCUT2D eigenvalue weighted by molar-refractivity contribution is 7.17. The van der Waals surface area contributed by atoms with Crippen molar-refractivity contribution in [3.8, 4) is 11.3 Å². The number of carbonyl (C=O) groups is 2. The second-order valence-electron chi connectivity index (χ2n) is 7.38. The van der Waals surface area contributed by atoms with E-state index in [0.29, 0.717) is 16.2 Å². The fourth-order valence-electron chi connectivity index (χ4n) is 4.14. The van der Waals surface area contributed by atoms with E-state index in [1.807, 2.05) is 25.1 Å². The average Bonchev–Trinajstić information content (AvgIpc) is 3.53. The number of rotatable bonds is 5. The molecule has 4 aromatic rings. The number of fused-ring (bicyclic) bond motifs is 2. The van der Waals surface area contributed by atoms with Gasteiger partial charge in [0.05, 0.1) is 30.0 Å². The summed E-state index contributed by atoms with van der Waals surface area (Å²) in [7, 11) is 1.36. The largest absolute Gasteiger partial charge is 0.465 e. The van der Waals surface area contributed by atoms with E-state index < -0.39 is 5.97 Å². The summed E-state index contributed by atoms with van der Waals surface area (Å²) in [5.74, 6) is 0.0230. The van der Waals surface area contributed by atoms with Gasteiger partial charge in [-0.05, 0) is 49.9 Å². The van der Waals surface area contributed by atoms with Crippen LogP contribution in [0, 0.1) is 6.92 Å². The predicted octanol–water partition coefficient (Wildman–Crippen LogP) is 3.98. The fourth-order valence-corrected chi connectivity index (χ4v) is 5.44. The van der Waals surface area contributed by atoms with E-state index in [4.69, 9.17) is 9.15 Å². The number of hydrogen-bond acceptors (Lipinski definition) is 7. The van der Waals surface area contributed by atoms with Crippen molar-refractivity contribution in [3.05, 3.63) is 52.4 Å². The van der Waals surface area contributed by atoms with Gasteiger partial charge in [-0.15, -0.1) is 11.3 Å². The van der Waals surface area contributed by atoms with Crippen LogP contribution < -0.4 is 5.32 Å². The summed E-state index contributed by atoms with van der Waals surface area (Å²) < 4.78 is 12.1. The molecule has 0 fully saturated rings. The number of carbonyl (C=O) groups excluding carboxylic acids is 2. The zero-order valence-corrected chi connectivity index (χ0v) is 17.9. The number of furan rings is 1. The highest BCUT2D eigenvalue weighted by Gasteiger charge is 2.28. The van der Waals surface area contributed by atoms with Gasteiger partial charge < -0.3 is 14.5 Å². The lowest BCUT2D eigenvalue weighted by atomic mass is 10.1. The predicted molar refractivity (Wildman–Crippen MR) is 116 cm³/mol. The average molecular weight is 436 g/mol. The first-order valence-corrected chi connectivity index (χ1v) is 10.8. The third kappa shape index (κ3) is 3.31. The van der Waals surface area contributed by atoms with E-state index in [2.05, 4.69) is 15.4 Å². The molecule has 4 heterocycles. The molecule has 0 spiro atoms. The van der Waals surface area contributed by atoms with Crippen molar-refractivity contribution in [1.82, 2.24) is 14.8 Å². The number of ether oxygens (including phenoxy) is 1. The number of nitrogens with one attached hydrogen (secondary N) is 1. The Morgan fingerprint density at radius 1 is 1.32 bits per heavy atom. The van der Waals surface area contributed by atoms with Gasteiger partial charge in [0.25, 0.3) is 0 Å². The Hall–Kier alpha value is -3.46. The van der Waals surface area contributed by atoms with Crippen molar-refractivity contribution >= 4 is 39.2 Å². The molecule has 8 nitrogen and oxygen atoms in total. The molecule has 4 aromatic heterocycles. The molecule has 0 aromatic carbocycles. The van der Waals surface area contributed by atoms with Crippen molar-refractivity contribution in [2.24, 2.45) is 0 Å². The minimum Gasteiger partial charge on any atom is -0.465 e. The van der Waals surface area contributed by atoms with Crippen molar-refractivity contribution in [2.45, 2.75) is 32.7 Å². The Morgan fingerprint density at radius 3 is 2.97 bits per heavy atom. The Labute approximate surface area is 181 Å². The molecule has 0 atom stereocenters. The van der Waals surface area contributed by atoms with Gasteiger partial charge in [0.1, 0.15) is 17.3 Å². The first kappa shape index (κ1) is 19.5. The van der Waals surface area contributed by atoms with Crippen LogP contribution in [-0.2, 0) is 28.9 Å². The Kier molecular flexibility index (Phi) is 4.82. The molecule has 31 heavy (non-hydrogen) atoms. The fraction of sp³-hybridized carbons (Fsp3) is 0.273. The van der Waals surface area contributed by atoms with Gasteiger partial charge in [-0.1, -0.05) is 0 Å². The van der Waals surface area contributed by atoms with Gasteiger partial charge in [-0.25, -0.2) is 14.5 Å². The number of nitrogens with zero attached hydrogens (tertiary/aromatic N) is 3. The van der Waals surface area contributed by atoms with Crippen LogP contribution in [0.15, 0.2) is 35.1 Å². The van der Waals surface area contributed by atoms with Crippen molar-refractivity contribution in [1.29, 1.82) is 0 Å². The molecule has 0 unspecified atom stereocenters. The lowest BCUT2D eigenvalue weighted by Gasteiger charge is -2.08. The SMILES string of the molecule is COC(=O)c1c(NC(=O)Cn2nc(C)c3c(-c4ccco4)ccnc32)sc2c1CCC2. The second kappa shape index (κ2) is 7.66. The normalized spacial score (nSPS) is 12.8. The first-order chi connectivity index (χ1) is 15.1. The summed E-state index contributed by atoms with van der Waals surface area (Å²) in [6.45, 7) is 1.85. The molecule has 9 heteroatoms. The van der Waals surface area contributed by atoms with Crippen LogP contribution in [0.4, 0.5) is 5.00 Å². The third-order valence-corrected chi connectivity index (χ3v) is 6.66. The molecule has 1 aliphatic rings. The van der Waals surface area contributed by atoms with Gasteiger partial charge in [-0.2, -0.15) is 5.10 Å². The van der Waals surface area contributed by atoms with E-state index in [1.54, 1.807) is 17.1 Å². The maximum Gasteiger partial charge on any atom is 0.341 e. The van der Waals surface area contributed by atoms with Crippen LogP contribution in [0.2, 0.25) is 0 Å². The molecular formula is C22H20N4O4S. The van der Waals surface area contributed by atoms with Gasteiger partial charge in [0, 0.05) is 16.6 Å². The zero-order valence-electron chi connectivity index (χ0n) is 17.1. The third-order valence-electron chi connectivity index (χ3n) is 5.45. The molecule has 5 rings (SSSR count). The van der Waals surface area contributed by atoms with Gasteiger partial charge >= 0.3 is 5.97 Å².